The molecule has 2 aromatic rings. The lowest BCUT2D eigenvalue weighted by molar-refractivity contribution is -0.384. The quantitative estimate of drug-likeness (QED) is 0.599. The third-order valence-electron chi connectivity index (χ3n) is 3.54. The fourth-order valence-electron chi connectivity index (χ4n) is 2.35. The minimum Gasteiger partial charge on any atom is -0.438 e. The van der Waals surface area contributed by atoms with Crippen LogP contribution >= 0.6 is 0 Å². The summed E-state index contributed by atoms with van der Waals surface area (Å²) in [5.74, 6) is 1.24. The third kappa shape index (κ3) is 3.13. The maximum Gasteiger partial charge on any atom is 0.269 e. The van der Waals surface area contributed by atoms with Gasteiger partial charge in [-0.2, -0.15) is 0 Å². The van der Waals surface area contributed by atoms with E-state index in [1.165, 1.54) is 12.1 Å². The summed E-state index contributed by atoms with van der Waals surface area (Å²) in [6.45, 7) is 2.11. The number of para-hydroxylation sites is 1. The number of hydrogen-bond donors (Lipinski definition) is 0. The van der Waals surface area contributed by atoms with Gasteiger partial charge < -0.3 is 4.74 Å². The molecule has 0 atom stereocenters. The summed E-state index contributed by atoms with van der Waals surface area (Å²) < 4.78 is 5.94. The standard InChI is InChI=1S/C18H16N2O3/c1-2-3-8-17-15-6-4-5-7-16(15)19-18(23-17)13-9-11-14(12-10-13)20(21)22/h4-12H,2-3H2,1H3/b17-8+. The van der Waals surface area contributed by atoms with Gasteiger partial charge in [0, 0.05) is 23.3 Å². The van der Waals surface area contributed by atoms with E-state index in [2.05, 4.69) is 18.0 Å². The Morgan fingerprint density at radius 3 is 2.61 bits per heavy atom. The average Bonchev–Trinajstić information content (AvgIpc) is 2.59. The number of aliphatic imine (C=N–C) groups is 1. The average molecular weight is 308 g/mol. The largest absolute Gasteiger partial charge is 0.438 e. The second-order valence-corrected chi connectivity index (χ2v) is 5.20. The zero-order chi connectivity index (χ0) is 16.2. The minimum atomic E-state index is -0.421. The number of allylic oxidation sites excluding steroid dienone is 1. The molecule has 0 spiro atoms. The molecule has 0 saturated heterocycles. The number of fused-ring (bicyclic) bond motifs is 1. The topological polar surface area (TPSA) is 64.7 Å². The normalized spacial score (nSPS) is 14.8. The Hall–Kier alpha value is -2.95. The van der Waals surface area contributed by atoms with Gasteiger partial charge in [-0.15, -0.1) is 0 Å². The Morgan fingerprint density at radius 2 is 1.91 bits per heavy atom. The maximum absolute atomic E-state index is 10.8. The number of ether oxygens (including phenoxy) is 1. The van der Waals surface area contributed by atoms with Crippen molar-refractivity contribution in [3.8, 4) is 0 Å². The van der Waals surface area contributed by atoms with Gasteiger partial charge >= 0.3 is 0 Å². The molecule has 0 aliphatic carbocycles. The molecule has 0 aromatic heterocycles. The van der Waals surface area contributed by atoms with Crippen molar-refractivity contribution in [2.24, 2.45) is 4.99 Å². The lowest BCUT2D eigenvalue weighted by Crippen LogP contribution is -2.10. The van der Waals surface area contributed by atoms with E-state index in [9.17, 15) is 10.1 Å². The summed E-state index contributed by atoms with van der Waals surface area (Å²) in [4.78, 5) is 14.9. The van der Waals surface area contributed by atoms with Gasteiger partial charge in [-0.3, -0.25) is 10.1 Å². The van der Waals surface area contributed by atoms with E-state index in [-0.39, 0.29) is 5.69 Å². The summed E-state index contributed by atoms with van der Waals surface area (Å²) in [5.41, 5.74) is 2.57. The van der Waals surface area contributed by atoms with Crippen molar-refractivity contribution in [2.45, 2.75) is 19.8 Å². The van der Waals surface area contributed by atoms with Crippen LogP contribution in [0.1, 0.15) is 30.9 Å². The molecule has 1 aliphatic heterocycles. The van der Waals surface area contributed by atoms with Crippen LogP contribution in [0.3, 0.4) is 0 Å². The van der Waals surface area contributed by atoms with Gasteiger partial charge in [-0.05, 0) is 36.8 Å². The second-order valence-electron chi connectivity index (χ2n) is 5.20. The Kier molecular flexibility index (Phi) is 4.19. The van der Waals surface area contributed by atoms with Crippen molar-refractivity contribution < 1.29 is 9.66 Å². The molecule has 0 unspecified atom stereocenters. The lowest BCUT2D eigenvalue weighted by Gasteiger charge is -2.19. The van der Waals surface area contributed by atoms with Crippen LogP contribution in [0.5, 0.6) is 0 Å². The Bertz CT molecular complexity index is 792. The van der Waals surface area contributed by atoms with Crippen LogP contribution in [0.25, 0.3) is 5.76 Å². The highest BCUT2D eigenvalue weighted by Crippen LogP contribution is 2.33. The predicted octanol–water partition coefficient (Wildman–Crippen LogP) is 4.84. The molecule has 2 aromatic carbocycles. The summed E-state index contributed by atoms with van der Waals surface area (Å²) >= 11 is 0. The summed E-state index contributed by atoms with van der Waals surface area (Å²) in [7, 11) is 0. The van der Waals surface area contributed by atoms with E-state index in [0.717, 1.165) is 29.9 Å². The fourth-order valence-corrected chi connectivity index (χ4v) is 2.35. The van der Waals surface area contributed by atoms with Crippen molar-refractivity contribution in [1.82, 2.24) is 0 Å². The molecular formula is C18H16N2O3. The molecule has 1 heterocycles. The van der Waals surface area contributed by atoms with Crippen molar-refractivity contribution in [2.75, 3.05) is 0 Å². The first-order valence-corrected chi connectivity index (χ1v) is 7.50. The van der Waals surface area contributed by atoms with E-state index in [1.54, 1.807) is 12.1 Å². The van der Waals surface area contributed by atoms with E-state index < -0.39 is 4.92 Å². The summed E-state index contributed by atoms with van der Waals surface area (Å²) in [6.07, 6.45) is 4.00. The highest BCUT2D eigenvalue weighted by molar-refractivity contribution is 6.02. The van der Waals surface area contributed by atoms with Crippen molar-refractivity contribution in [1.29, 1.82) is 0 Å². The summed E-state index contributed by atoms with van der Waals surface area (Å²) in [6, 6.07) is 14.0. The van der Waals surface area contributed by atoms with Crippen LogP contribution in [-0.4, -0.2) is 10.8 Å². The SMILES string of the molecule is CCC/C=C1/OC(c2ccc([N+](=O)[O-])cc2)=Nc2ccccc21. The Labute approximate surface area is 134 Å². The molecule has 23 heavy (non-hydrogen) atoms. The van der Waals surface area contributed by atoms with Gasteiger partial charge in [0.2, 0.25) is 5.90 Å². The first-order chi connectivity index (χ1) is 11.2. The predicted molar refractivity (Wildman–Crippen MR) is 89.7 cm³/mol. The lowest BCUT2D eigenvalue weighted by atomic mass is 10.1. The van der Waals surface area contributed by atoms with Gasteiger partial charge in [0.05, 0.1) is 10.6 Å². The monoisotopic (exact) mass is 308 g/mol. The van der Waals surface area contributed by atoms with Crippen LogP contribution in [0, 0.1) is 10.1 Å². The van der Waals surface area contributed by atoms with E-state index >= 15 is 0 Å². The van der Waals surface area contributed by atoms with Crippen LogP contribution in [0.15, 0.2) is 59.6 Å². The number of nitro benzene ring substituents is 1. The van der Waals surface area contributed by atoms with Gasteiger partial charge in [-0.25, -0.2) is 4.99 Å². The van der Waals surface area contributed by atoms with Crippen LogP contribution in [0.4, 0.5) is 11.4 Å². The molecule has 116 valence electrons. The Morgan fingerprint density at radius 1 is 1.17 bits per heavy atom. The maximum atomic E-state index is 10.8. The number of rotatable bonds is 4. The van der Waals surface area contributed by atoms with E-state index in [4.69, 9.17) is 4.74 Å². The number of unbranched alkanes of at least 4 members (excludes halogenated alkanes) is 1. The molecule has 1 aliphatic rings. The Balaban J connectivity index is 2.00. The molecule has 3 rings (SSSR count). The number of benzene rings is 2. The van der Waals surface area contributed by atoms with Crippen molar-refractivity contribution >= 4 is 23.0 Å². The fraction of sp³-hybridized carbons (Fsp3) is 0.167. The van der Waals surface area contributed by atoms with Crippen molar-refractivity contribution in [3.05, 3.63) is 75.8 Å². The first kappa shape index (κ1) is 15.0. The second kappa shape index (κ2) is 6.44. The molecule has 5 nitrogen and oxygen atoms in total. The molecular weight excluding hydrogens is 292 g/mol. The molecule has 0 saturated carbocycles. The van der Waals surface area contributed by atoms with Crippen LogP contribution in [-0.2, 0) is 4.74 Å². The van der Waals surface area contributed by atoms with Gasteiger partial charge in [0.15, 0.2) is 0 Å². The third-order valence-corrected chi connectivity index (χ3v) is 3.54. The highest BCUT2D eigenvalue weighted by atomic mass is 16.6. The molecule has 0 fully saturated rings. The van der Waals surface area contributed by atoms with Gasteiger partial charge in [-0.1, -0.05) is 25.5 Å². The zero-order valence-electron chi connectivity index (χ0n) is 12.7. The van der Waals surface area contributed by atoms with Crippen LogP contribution in [0.2, 0.25) is 0 Å². The first-order valence-electron chi connectivity index (χ1n) is 7.50. The molecule has 0 N–H and O–H groups in total. The minimum absolute atomic E-state index is 0.0484. The van der Waals surface area contributed by atoms with E-state index in [0.29, 0.717) is 11.5 Å². The van der Waals surface area contributed by atoms with Crippen molar-refractivity contribution in [3.63, 3.8) is 0 Å². The number of non-ortho nitro benzene ring substituents is 1. The smallest absolute Gasteiger partial charge is 0.269 e. The zero-order valence-corrected chi connectivity index (χ0v) is 12.7. The molecule has 0 radical (unpaired) electrons. The van der Waals surface area contributed by atoms with Gasteiger partial charge in [0.25, 0.3) is 5.69 Å². The molecule has 5 heteroatoms. The highest BCUT2D eigenvalue weighted by Gasteiger charge is 2.19. The number of nitro groups is 1. The van der Waals surface area contributed by atoms with E-state index in [1.807, 2.05) is 24.3 Å². The number of hydrogen-bond acceptors (Lipinski definition) is 4. The molecule has 0 amide bonds. The molecule has 0 bridgehead atoms. The number of nitrogens with zero attached hydrogens (tertiary/aromatic N) is 2. The van der Waals surface area contributed by atoms with Crippen LogP contribution < -0.4 is 0 Å². The van der Waals surface area contributed by atoms with Gasteiger partial charge in [0.1, 0.15) is 5.76 Å². The summed E-state index contributed by atoms with van der Waals surface area (Å²) in [5, 5.41) is 10.8.